The average molecular weight is 391 g/mol. The molecule has 2 amide bonds. The summed E-state index contributed by atoms with van der Waals surface area (Å²) in [4.78, 5) is 25.3. The minimum Gasteiger partial charge on any atom is -0.497 e. The number of hydrogen-bond donors (Lipinski definition) is 3. The molecule has 1 atom stereocenters. The van der Waals surface area contributed by atoms with Crippen LogP contribution in [0.5, 0.6) is 5.75 Å². The van der Waals surface area contributed by atoms with Crippen molar-refractivity contribution in [2.45, 2.75) is 13.5 Å². The molecule has 1 unspecified atom stereocenters. The van der Waals surface area contributed by atoms with Crippen LogP contribution in [0.3, 0.4) is 0 Å². The van der Waals surface area contributed by atoms with E-state index < -0.39 is 0 Å². The van der Waals surface area contributed by atoms with E-state index in [1.807, 2.05) is 25.1 Å². The van der Waals surface area contributed by atoms with Gasteiger partial charge in [0.2, 0.25) is 0 Å². The fraction of sp³-hybridized carbons (Fsp3) is 0.300. The molecular formula is C20H25ClN3O3+. The smallest absolute Gasteiger partial charge is 0.279 e. The fourth-order valence-corrected chi connectivity index (χ4v) is 2.77. The number of hydrogen-bond acceptors (Lipinski definition) is 3. The number of ether oxygens (including phenoxy) is 1. The molecule has 0 spiro atoms. The molecule has 0 fully saturated rings. The molecule has 0 bridgehead atoms. The van der Waals surface area contributed by atoms with Crippen LogP contribution < -0.4 is 20.3 Å². The zero-order valence-corrected chi connectivity index (χ0v) is 16.3. The van der Waals surface area contributed by atoms with Crippen LogP contribution in [0.25, 0.3) is 0 Å². The second-order valence-corrected chi connectivity index (χ2v) is 6.58. The molecular weight excluding hydrogens is 366 g/mol. The number of nitrogens with one attached hydrogen (secondary N) is 3. The molecule has 0 aliphatic heterocycles. The van der Waals surface area contributed by atoms with Crippen molar-refractivity contribution < 1.29 is 19.2 Å². The third kappa shape index (κ3) is 7.29. The SMILES string of the molecule is CC[NH+](CC(=O)NCc1cccc(Cl)c1)CC(=O)Nc1ccc(OC)cc1. The number of methoxy groups -OCH3 is 1. The molecule has 0 radical (unpaired) electrons. The number of carbonyl (C=O) groups is 2. The van der Waals surface area contributed by atoms with Crippen LogP contribution in [0.1, 0.15) is 12.5 Å². The van der Waals surface area contributed by atoms with E-state index in [9.17, 15) is 9.59 Å². The summed E-state index contributed by atoms with van der Waals surface area (Å²) in [6.07, 6.45) is 0. The summed E-state index contributed by atoms with van der Waals surface area (Å²) in [6, 6.07) is 14.5. The van der Waals surface area contributed by atoms with Crippen molar-refractivity contribution in [2.24, 2.45) is 0 Å². The first-order valence-electron chi connectivity index (χ1n) is 8.78. The third-order valence-corrected chi connectivity index (χ3v) is 4.31. The highest BCUT2D eigenvalue weighted by Crippen LogP contribution is 2.14. The number of rotatable bonds is 9. The van der Waals surface area contributed by atoms with E-state index in [0.717, 1.165) is 16.2 Å². The first-order valence-corrected chi connectivity index (χ1v) is 9.16. The quantitative estimate of drug-likeness (QED) is 0.607. The van der Waals surface area contributed by atoms with Crippen molar-refractivity contribution in [3.05, 3.63) is 59.1 Å². The Morgan fingerprint density at radius 2 is 1.78 bits per heavy atom. The van der Waals surface area contributed by atoms with E-state index >= 15 is 0 Å². The zero-order chi connectivity index (χ0) is 19.6. The Kier molecular flexibility index (Phi) is 8.10. The fourth-order valence-electron chi connectivity index (χ4n) is 2.56. The van der Waals surface area contributed by atoms with E-state index in [1.54, 1.807) is 37.4 Å². The van der Waals surface area contributed by atoms with Crippen molar-refractivity contribution >= 4 is 29.1 Å². The van der Waals surface area contributed by atoms with Gasteiger partial charge in [-0.05, 0) is 48.9 Å². The first-order chi connectivity index (χ1) is 13.0. The Hall–Kier alpha value is -2.57. The normalized spacial score (nSPS) is 11.5. The van der Waals surface area contributed by atoms with Crippen molar-refractivity contribution in [1.29, 1.82) is 0 Å². The second-order valence-electron chi connectivity index (χ2n) is 6.14. The number of halogens is 1. The highest BCUT2D eigenvalue weighted by atomic mass is 35.5. The standard InChI is InChI=1S/C20H24ClN3O3/c1-3-24(13-19(25)22-12-15-5-4-6-16(21)11-15)14-20(26)23-17-7-9-18(27-2)10-8-17/h4-11H,3,12-14H2,1-2H3,(H,22,25)(H,23,26)/p+1. The van der Waals surface area contributed by atoms with Gasteiger partial charge in [0.15, 0.2) is 13.1 Å². The summed E-state index contributed by atoms with van der Waals surface area (Å²) in [5, 5.41) is 6.33. The van der Waals surface area contributed by atoms with Gasteiger partial charge < -0.3 is 20.3 Å². The predicted octanol–water partition coefficient (Wildman–Crippen LogP) is 1.51. The van der Waals surface area contributed by atoms with E-state index in [0.29, 0.717) is 23.8 Å². The van der Waals surface area contributed by atoms with Gasteiger partial charge in [-0.2, -0.15) is 0 Å². The number of anilines is 1. The maximum atomic E-state index is 12.2. The average Bonchev–Trinajstić information content (AvgIpc) is 2.66. The molecule has 0 saturated carbocycles. The lowest BCUT2D eigenvalue weighted by Gasteiger charge is -2.17. The molecule has 6 nitrogen and oxygen atoms in total. The molecule has 27 heavy (non-hydrogen) atoms. The monoisotopic (exact) mass is 390 g/mol. The van der Waals surface area contributed by atoms with E-state index in [1.165, 1.54) is 0 Å². The Labute approximate surface area is 164 Å². The molecule has 144 valence electrons. The van der Waals surface area contributed by atoms with Crippen LogP contribution in [0.15, 0.2) is 48.5 Å². The Balaban J connectivity index is 1.79. The summed E-state index contributed by atoms with van der Waals surface area (Å²) in [7, 11) is 1.59. The van der Waals surface area contributed by atoms with Gasteiger partial charge in [0.1, 0.15) is 5.75 Å². The Morgan fingerprint density at radius 1 is 1.07 bits per heavy atom. The highest BCUT2D eigenvalue weighted by molar-refractivity contribution is 6.30. The molecule has 0 saturated heterocycles. The van der Waals surface area contributed by atoms with Crippen LogP contribution in [-0.4, -0.2) is 38.6 Å². The van der Waals surface area contributed by atoms with E-state index in [4.69, 9.17) is 16.3 Å². The van der Waals surface area contributed by atoms with Gasteiger partial charge in [0.05, 0.1) is 13.7 Å². The number of likely N-dealkylation sites (N-methyl/N-ethyl adjacent to an activating group) is 1. The Morgan fingerprint density at radius 3 is 2.41 bits per heavy atom. The minimum absolute atomic E-state index is 0.107. The molecule has 2 aromatic carbocycles. The lowest BCUT2D eigenvalue weighted by molar-refractivity contribution is -0.881. The van der Waals surface area contributed by atoms with Gasteiger partial charge >= 0.3 is 0 Å². The predicted molar refractivity (Wildman–Crippen MR) is 106 cm³/mol. The maximum Gasteiger partial charge on any atom is 0.279 e. The molecule has 0 aliphatic carbocycles. The number of amides is 2. The number of benzene rings is 2. The van der Waals surface area contributed by atoms with Crippen LogP contribution in [-0.2, 0) is 16.1 Å². The van der Waals surface area contributed by atoms with Gasteiger partial charge in [-0.3, -0.25) is 9.59 Å². The minimum atomic E-state index is -0.139. The van der Waals surface area contributed by atoms with Crippen molar-refractivity contribution in [3.8, 4) is 5.75 Å². The van der Waals surface area contributed by atoms with Gasteiger partial charge in [-0.15, -0.1) is 0 Å². The Bertz CT molecular complexity index is 765. The molecule has 0 aliphatic rings. The third-order valence-electron chi connectivity index (χ3n) is 4.07. The lowest BCUT2D eigenvalue weighted by atomic mass is 10.2. The van der Waals surface area contributed by atoms with Gasteiger partial charge in [-0.25, -0.2) is 0 Å². The van der Waals surface area contributed by atoms with Crippen molar-refractivity contribution in [2.75, 3.05) is 32.1 Å². The molecule has 3 N–H and O–H groups in total. The molecule has 7 heteroatoms. The zero-order valence-electron chi connectivity index (χ0n) is 15.5. The van der Waals surface area contributed by atoms with Crippen LogP contribution in [0, 0.1) is 0 Å². The largest absolute Gasteiger partial charge is 0.497 e. The van der Waals surface area contributed by atoms with E-state index in [-0.39, 0.29) is 24.9 Å². The molecule has 0 aromatic heterocycles. The first kappa shape index (κ1) is 20.7. The van der Waals surface area contributed by atoms with E-state index in [2.05, 4.69) is 10.6 Å². The summed E-state index contributed by atoms with van der Waals surface area (Å²) < 4.78 is 5.09. The van der Waals surface area contributed by atoms with Crippen LogP contribution in [0.4, 0.5) is 5.69 Å². The van der Waals surface area contributed by atoms with Crippen molar-refractivity contribution in [3.63, 3.8) is 0 Å². The summed E-state index contributed by atoms with van der Waals surface area (Å²) in [6.45, 7) is 3.47. The molecule has 2 rings (SSSR count). The lowest BCUT2D eigenvalue weighted by Crippen LogP contribution is -3.13. The summed E-state index contributed by atoms with van der Waals surface area (Å²) in [5.74, 6) is 0.480. The number of carbonyl (C=O) groups excluding carboxylic acids is 2. The molecule has 0 heterocycles. The van der Waals surface area contributed by atoms with Gasteiger partial charge in [-0.1, -0.05) is 23.7 Å². The van der Waals surface area contributed by atoms with Crippen LogP contribution >= 0.6 is 11.6 Å². The topological polar surface area (TPSA) is 71.9 Å². The number of quaternary nitrogens is 1. The van der Waals surface area contributed by atoms with Gasteiger partial charge in [0.25, 0.3) is 11.8 Å². The maximum absolute atomic E-state index is 12.2. The van der Waals surface area contributed by atoms with Crippen LogP contribution in [0.2, 0.25) is 5.02 Å². The second kappa shape index (κ2) is 10.5. The van der Waals surface area contributed by atoms with Crippen molar-refractivity contribution in [1.82, 2.24) is 5.32 Å². The molecule has 2 aromatic rings. The summed E-state index contributed by atoms with van der Waals surface area (Å²) >= 11 is 5.94. The highest BCUT2D eigenvalue weighted by Gasteiger charge is 2.16. The summed E-state index contributed by atoms with van der Waals surface area (Å²) in [5.41, 5.74) is 1.63. The van der Waals surface area contributed by atoms with Gasteiger partial charge in [0, 0.05) is 17.3 Å².